The Kier molecular flexibility index (Phi) is 35.0. The second-order valence-electron chi connectivity index (χ2n) is 33.9. The molecule has 1 aliphatic heterocycles. The van der Waals surface area contributed by atoms with E-state index >= 15 is 4.79 Å². The summed E-state index contributed by atoms with van der Waals surface area (Å²) in [4.78, 5) is 136. The van der Waals surface area contributed by atoms with Crippen molar-refractivity contribution in [3.8, 4) is 0 Å². The highest BCUT2D eigenvalue weighted by Gasteiger charge is 2.46. The topological polar surface area (TPSA) is 293 Å². The summed E-state index contributed by atoms with van der Waals surface area (Å²) in [5.41, 5.74) is -0.0675. The van der Waals surface area contributed by atoms with E-state index in [0.717, 1.165) is 5.56 Å². The Morgan fingerprint density at radius 1 is 0.590 bits per heavy atom. The summed E-state index contributed by atoms with van der Waals surface area (Å²) in [6, 6.07) is 8.64. The number of aliphatic hydroxyl groups is 1. The van der Waals surface area contributed by atoms with E-state index in [1.807, 2.05) is 64.2 Å². The molecular formula is C77H129N9O15S2Si2. The summed E-state index contributed by atoms with van der Waals surface area (Å²) in [7, 11) is -0.600. The minimum Gasteiger partial charge on any atom is -0.458 e. The van der Waals surface area contributed by atoms with Gasteiger partial charge in [-0.3, -0.25) is 33.6 Å². The minimum absolute atomic E-state index is 0.0683. The minimum atomic E-state index is -2.61. The van der Waals surface area contributed by atoms with E-state index in [1.165, 1.54) is 54.5 Å². The molecule has 0 saturated carbocycles. The molecule has 0 bridgehead atoms. The average Bonchev–Trinajstić information content (AvgIpc) is 1.78. The number of rotatable bonds is 35. The van der Waals surface area contributed by atoms with Crippen LogP contribution in [0, 0.1) is 17.8 Å². The van der Waals surface area contributed by atoms with Crippen LogP contribution in [0.4, 0.5) is 4.79 Å². The number of hydrogen-bond acceptors (Lipinski definition) is 17. The number of hydrogen-bond donors (Lipinski definition) is 6. The van der Waals surface area contributed by atoms with E-state index < -0.39 is 160 Å². The van der Waals surface area contributed by atoms with Crippen LogP contribution in [-0.4, -0.2) is 223 Å². The first-order valence-corrected chi connectivity index (χ1v) is 43.6. The molecule has 0 unspecified atom stereocenters. The molecule has 0 spiro atoms. The van der Waals surface area contributed by atoms with Crippen molar-refractivity contribution in [2.75, 3.05) is 40.9 Å². The summed E-state index contributed by atoms with van der Waals surface area (Å²) in [6.07, 6.45) is -2.04. The third kappa shape index (κ3) is 28.3. The molecule has 592 valence electrons. The Balaban J connectivity index is 1.98. The van der Waals surface area contributed by atoms with Gasteiger partial charge in [0.15, 0.2) is 22.7 Å². The third-order valence-electron chi connectivity index (χ3n) is 19.9. The number of amides is 7. The van der Waals surface area contributed by atoms with Crippen LogP contribution in [0.3, 0.4) is 0 Å². The second-order valence-corrected chi connectivity index (χ2v) is 44.4. The van der Waals surface area contributed by atoms with Gasteiger partial charge in [-0.1, -0.05) is 161 Å². The molecule has 3 rings (SSSR count). The molecule has 1 fully saturated rings. The van der Waals surface area contributed by atoms with Gasteiger partial charge in [-0.2, -0.15) is 0 Å². The molecular weight excluding hydrogens is 1410 g/mol. The number of nitrogens with one attached hydrogen (secondary N) is 5. The summed E-state index contributed by atoms with van der Waals surface area (Å²) < 4.78 is 31.0. The Labute approximate surface area is 640 Å². The molecule has 0 aromatic heterocycles. The molecule has 2 aromatic carbocycles. The lowest BCUT2D eigenvalue weighted by atomic mass is 9.98. The standard InChI is InChI=1S/C77H129N9O15S2Si2/c1-28-54(79-63(88)55(45-97-104(24,25)76(15,16)17)80-67(103)59(43-52-36-31-29-32-37-52)84(22)73(96)101-75(12,13)14)66(102)81-56(46-98-105(26,27)77(18,19)20)68(91)83(21)58(42-47(2)3)64(89)82-61(51(8)87)65(90)78-50(7)49(6)71(94)99-60(44-53-38-33-30-34-39-53)69(92)85(23)62(48(4)5)70(93)86-41-35-40-57(86)72(95)100-74(9,10)11/h29-34,36-39,47-51,54-62,87H,28,35,40-46H2,1-27H3,(H,78,90)(H,79,88)(H,80,103)(H,81,102)(H,82,89)/t49-,50-,51-,54-,55+,56+,57+,58-,59-,60+,61-,62+/m1/s1. The molecule has 0 aliphatic carbocycles. The maximum atomic E-state index is 15.4. The number of likely N-dealkylation sites (N-methyl/N-ethyl adjacent to an activating group) is 3. The average molecular weight is 1540 g/mol. The van der Waals surface area contributed by atoms with Crippen molar-refractivity contribution in [2.24, 2.45) is 17.8 Å². The van der Waals surface area contributed by atoms with Crippen molar-refractivity contribution in [1.82, 2.24) is 46.2 Å². The van der Waals surface area contributed by atoms with E-state index in [2.05, 4.69) is 81.2 Å². The fourth-order valence-corrected chi connectivity index (χ4v) is 13.9. The molecule has 7 amide bonds. The van der Waals surface area contributed by atoms with Crippen LogP contribution in [0.2, 0.25) is 36.3 Å². The molecule has 24 nitrogen and oxygen atoms in total. The van der Waals surface area contributed by atoms with E-state index in [-0.39, 0.29) is 65.0 Å². The maximum Gasteiger partial charge on any atom is 0.410 e. The number of aliphatic hydroxyl groups excluding tert-OH is 1. The lowest BCUT2D eigenvalue weighted by molar-refractivity contribution is -0.168. The Morgan fingerprint density at radius 3 is 1.55 bits per heavy atom. The number of esters is 2. The zero-order chi connectivity index (χ0) is 80.4. The summed E-state index contributed by atoms with van der Waals surface area (Å²) >= 11 is 12.3. The third-order valence-corrected chi connectivity index (χ3v) is 29.7. The van der Waals surface area contributed by atoms with Crippen molar-refractivity contribution in [1.29, 1.82) is 0 Å². The van der Waals surface area contributed by atoms with Gasteiger partial charge in [0.05, 0.1) is 47.3 Å². The van der Waals surface area contributed by atoms with Gasteiger partial charge in [0, 0.05) is 40.2 Å². The highest BCUT2D eigenvalue weighted by atomic mass is 32.1. The molecule has 6 N–H and O–H groups in total. The number of carbonyl (C=O) groups is 9. The molecule has 2 aromatic rings. The van der Waals surface area contributed by atoms with Crippen molar-refractivity contribution in [3.63, 3.8) is 0 Å². The number of thiocarbonyl (C=S) groups is 2. The summed E-state index contributed by atoms with van der Waals surface area (Å²) in [5, 5.41) is 25.8. The molecule has 28 heteroatoms. The first kappa shape index (κ1) is 92.8. The molecule has 105 heavy (non-hydrogen) atoms. The van der Waals surface area contributed by atoms with Gasteiger partial charge < -0.3 is 74.4 Å². The van der Waals surface area contributed by atoms with E-state index in [1.54, 1.807) is 92.8 Å². The second kappa shape index (κ2) is 39.6. The predicted molar refractivity (Wildman–Crippen MR) is 424 cm³/mol. The van der Waals surface area contributed by atoms with Crippen molar-refractivity contribution in [3.05, 3.63) is 71.8 Å². The lowest BCUT2D eigenvalue weighted by Crippen LogP contribution is -2.62. The van der Waals surface area contributed by atoms with E-state index in [0.29, 0.717) is 24.8 Å². The van der Waals surface area contributed by atoms with Crippen LogP contribution in [0.1, 0.15) is 175 Å². The number of nitrogens with zero attached hydrogens (tertiary/aromatic N) is 4. The lowest BCUT2D eigenvalue weighted by Gasteiger charge is -2.39. The van der Waals surface area contributed by atoms with Crippen LogP contribution in [-0.2, 0) is 74.3 Å². The highest BCUT2D eigenvalue weighted by Crippen LogP contribution is 2.38. The van der Waals surface area contributed by atoms with Crippen LogP contribution in [0.15, 0.2) is 60.7 Å². The van der Waals surface area contributed by atoms with Crippen LogP contribution in [0.25, 0.3) is 0 Å². The summed E-state index contributed by atoms with van der Waals surface area (Å²) in [6.45, 7) is 44.7. The predicted octanol–water partition coefficient (Wildman–Crippen LogP) is 9.82. The van der Waals surface area contributed by atoms with Crippen LogP contribution >= 0.6 is 24.4 Å². The zero-order valence-corrected chi connectivity index (χ0v) is 71.6. The molecule has 1 aliphatic rings. The number of ether oxygens (including phenoxy) is 3. The van der Waals surface area contributed by atoms with Crippen molar-refractivity contribution in [2.45, 2.75) is 291 Å². The number of carbonyl (C=O) groups excluding carboxylic acids is 9. The maximum absolute atomic E-state index is 15.4. The highest BCUT2D eigenvalue weighted by molar-refractivity contribution is 7.80. The van der Waals surface area contributed by atoms with Gasteiger partial charge in [0.2, 0.25) is 29.5 Å². The zero-order valence-electron chi connectivity index (χ0n) is 68.0. The van der Waals surface area contributed by atoms with Gasteiger partial charge in [-0.15, -0.1) is 0 Å². The molecule has 12 atom stereocenters. The SMILES string of the molecule is CC[C@@H](NC(=O)[C@H](CO[Si](C)(C)C(C)(C)C)NC(=S)[C@@H](Cc1ccccc1)N(C)C(=O)OC(C)(C)C)C(=S)N[C@@H](CO[Si](C)(C)C(C)(C)C)C(=O)N(C)[C@H](CC(C)C)C(=O)N[C@@H](C(=O)N[C@H](C)[C@@H](C)C(=O)O[C@@H](Cc1ccccc1)C(=O)N(C)[C@H](C(=O)N1CCC[C@H]1C(=O)OC(C)(C)C)C(C)C)[C@@H](C)O. The van der Waals surface area contributed by atoms with Gasteiger partial charge >= 0.3 is 18.0 Å². The van der Waals surface area contributed by atoms with Gasteiger partial charge in [0.1, 0.15) is 47.5 Å². The monoisotopic (exact) mass is 1540 g/mol. The number of benzene rings is 2. The molecule has 1 heterocycles. The van der Waals surface area contributed by atoms with Gasteiger partial charge in [0.25, 0.3) is 5.91 Å². The summed E-state index contributed by atoms with van der Waals surface area (Å²) in [5.74, 6) is -7.06. The van der Waals surface area contributed by atoms with E-state index in [4.69, 9.17) is 47.5 Å². The fourth-order valence-electron chi connectivity index (χ4n) is 11.2. The largest absolute Gasteiger partial charge is 0.458 e. The van der Waals surface area contributed by atoms with E-state index in [9.17, 15) is 43.5 Å². The first-order valence-electron chi connectivity index (χ1n) is 37.0. The first-order chi connectivity index (χ1) is 48.2. The Hall–Kier alpha value is -6.44. The smallest absolute Gasteiger partial charge is 0.410 e. The normalized spacial score (nSPS) is 17.0. The van der Waals surface area contributed by atoms with Gasteiger partial charge in [-0.05, 0) is 154 Å². The quantitative estimate of drug-likeness (QED) is 0.0162. The Morgan fingerprint density at radius 2 is 1.09 bits per heavy atom. The Bertz CT molecular complexity index is 3260. The molecule has 1 saturated heterocycles. The van der Waals surface area contributed by atoms with Crippen molar-refractivity contribution < 1.29 is 71.3 Å². The number of likely N-dealkylation sites (tertiary alicyclic amines) is 1. The molecule has 0 radical (unpaired) electrons. The van der Waals surface area contributed by atoms with Crippen LogP contribution < -0.4 is 26.6 Å². The fraction of sp³-hybridized carbons (Fsp3) is 0.701. The van der Waals surface area contributed by atoms with Crippen LogP contribution in [0.5, 0.6) is 0 Å². The van der Waals surface area contributed by atoms with Crippen molar-refractivity contribution >= 4 is 105 Å². The van der Waals surface area contributed by atoms with Gasteiger partial charge in [-0.25, -0.2) is 9.59 Å².